The van der Waals surface area contributed by atoms with Crippen LogP contribution in [-0.2, 0) is 10.4 Å². The van der Waals surface area contributed by atoms with E-state index in [9.17, 15) is 14.7 Å². The fourth-order valence-corrected chi connectivity index (χ4v) is 4.55. The van der Waals surface area contributed by atoms with Crippen LogP contribution in [0.15, 0.2) is 48.5 Å². The molecule has 8 heteroatoms. The SMILES string of the molecule is CC1(C)CN(C(=O)C(CCC#N)NC(=O)c2ccc(Cl)cc2)CCC1(O)c1ccc(Cl)cc1. The Labute approximate surface area is 204 Å². The number of hydrogen-bond acceptors (Lipinski definition) is 4. The Morgan fingerprint density at radius 3 is 2.24 bits per heavy atom. The topological polar surface area (TPSA) is 93.4 Å². The fraction of sp³-hybridized carbons (Fsp3) is 0.400. The third-order valence-corrected chi connectivity index (χ3v) is 6.84. The second kappa shape index (κ2) is 10.1. The van der Waals surface area contributed by atoms with E-state index in [1.807, 2.05) is 32.0 Å². The van der Waals surface area contributed by atoms with Gasteiger partial charge in [-0.05, 0) is 54.8 Å². The number of aliphatic hydroxyl groups is 1. The first kappa shape index (κ1) is 25.0. The van der Waals surface area contributed by atoms with Gasteiger partial charge in [0.25, 0.3) is 5.91 Å². The average molecular weight is 488 g/mol. The van der Waals surface area contributed by atoms with Gasteiger partial charge in [-0.25, -0.2) is 0 Å². The molecule has 1 aliphatic heterocycles. The molecular formula is C25H27Cl2N3O3. The normalized spacial score (nSPS) is 20.5. The van der Waals surface area contributed by atoms with Gasteiger partial charge in [-0.15, -0.1) is 0 Å². The third kappa shape index (κ3) is 5.50. The van der Waals surface area contributed by atoms with Gasteiger partial charge in [0.1, 0.15) is 6.04 Å². The number of rotatable bonds is 6. The number of nitrogens with one attached hydrogen (secondary N) is 1. The van der Waals surface area contributed by atoms with Crippen LogP contribution < -0.4 is 5.32 Å². The fourth-order valence-electron chi connectivity index (χ4n) is 4.30. The average Bonchev–Trinajstić information content (AvgIpc) is 2.78. The van der Waals surface area contributed by atoms with Crippen molar-refractivity contribution in [2.24, 2.45) is 5.41 Å². The molecule has 1 aliphatic rings. The quantitative estimate of drug-likeness (QED) is 0.625. The van der Waals surface area contributed by atoms with Crippen molar-refractivity contribution < 1.29 is 14.7 Å². The molecule has 2 unspecified atom stereocenters. The largest absolute Gasteiger partial charge is 0.384 e. The van der Waals surface area contributed by atoms with E-state index in [1.165, 1.54) is 0 Å². The molecule has 3 rings (SSSR count). The maximum Gasteiger partial charge on any atom is 0.251 e. The van der Waals surface area contributed by atoms with Gasteiger partial charge in [-0.1, -0.05) is 49.2 Å². The van der Waals surface area contributed by atoms with Crippen molar-refractivity contribution in [2.75, 3.05) is 13.1 Å². The minimum atomic E-state index is -1.14. The van der Waals surface area contributed by atoms with Crippen LogP contribution in [0.4, 0.5) is 0 Å². The molecule has 0 bridgehead atoms. The lowest BCUT2D eigenvalue weighted by atomic mass is 9.66. The Hall–Kier alpha value is -2.59. The van der Waals surface area contributed by atoms with Crippen LogP contribution in [0.2, 0.25) is 10.0 Å². The molecule has 0 aliphatic carbocycles. The van der Waals surface area contributed by atoms with Gasteiger partial charge in [-0.2, -0.15) is 5.26 Å². The number of likely N-dealkylation sites (tertiary alicyclic amines) is 1. The third-order valence-electron chi connectivity index (χ3n) is 6.34. The predicted octanol–water partition coefficient (Wildman–Crippen LogP) is 4.54. The second-order valence-electron chi connectivity index (χ2n) is 8.99. The summed E-state index contributed by atoms with van der Waals surface area (Å²) in [7, 11) is 0. The molecule has 1 saturated heterocycles. The molecule has 0 aromatic heterocycles. The molecule has 2 amide bonds. The molecular weight excluding hydrogens is 461 g/mol. The Balaban J connectivity index is 1.77. The summed E-state index contributed by atoms with van der Waals surface area (Å²) in [5.74, 6) is -0.671. The number of benzene rings is 2. The Morgan fingerprint density at radius 2 is 1.70 bits per heavy atom. The van der Waals surface area contributed by atoms with Gasteiger partial charge >= 0.3 is 0 Å². The summed E-state index contributed by atoms with van der Waals surface area (Å²) >= 11 is 11.9. The van der Waals surface area contributed by atoms with Crippen LogP contribution in [0.5, 0.6) is 0 Å². The van der Waals surface area contributed by atoms with Crippen LogP contribution >= 0.6 is 23.2 Å². The first-order chi connectivity index (χ1) is 15.6. The van der Waals surface area contributed by atoms with E-state index < -0.39 is 23.0 Å². The number of hydrogen-bond donors (Lipinski definition) is 2. The molecule has 6 nitrogen and oxygen atoms in total. The van der Waals surface area contributed by atoms with Crippen molar-refractivity contribution in [3.63, 3.8) is 0 Å². The molecule has 1 heterocycles. The standard InChI is InChI=1S/C25H27Cl2N3O3/c1-24(2)16-30(15-13-25(24,33)18-7-11-20(27)12-8-18)23(32)21(4-3-14-28)29-22(31)17-5-9-19(26)10-6-17/h5-12,21,33H,3-4,13,15-16H2,1-2H3,(H,29,31). The van der Waals surface area contributed by atoms with Crippen molar-refractivity contribution in [1.29, 1.82) is 5.26 Å². The van der Waals surface area contributed by atoms with E-state index in [2.05, 4.69) is 5.32 Å². The van der Waals surface area contributed by atoms with Crippen LogP contribution in [0.25, 0.3) is 0 Å². The van der Waals surface area contributed by atoms with Crippen molar-refractivity contribution in [2.45, 2.75) is 44.8 Å². The van der Waals surface area contributed by atoms with Crippen molar-refractivity contribution in [3.05, 3.63) is 69.7 Å². The van der Waals surface area contributed by atoms with E-state index in [4.69, 9.17) is 28.5 Å². The van der Waals surface area contributed by atoms with E-state index in [0.29, 0.717) is 35.1 Å². The highest BCUT2D eigenvalue weighted by atomic mass is 35.5. The molecule has 1 fully saturated rings. The highest BCUT2D eigenvalue weighted by Gasteiger charge is 2.50. The lowest BCUT2D eigenvalue weighted by molar-refractivity contribution is -0.154. The predicted molar refractivity (Wildman–Crippen MR) is 128 cm³/mol. The van der Waals surface area contributed by atoms with Crippen molar-refractivity contribution in [1.82, 2.24) is 10.2 Å². The highest BCUT2D eigenvalue weighted by Crippen LogP contribution is 2.46. The highest BCUT2D eigenvalue weighted by molar-refractivity contribution is 6.30. The Morgan fingerprint density at radius 1 is 1.12 bits per heavy atom. The summed E-state index contributed by atoms with van der Waals surface area (Å²) in [4.78, 5) is 27.7. The number of halogens is 2. The zero-order valence-electron chi connectivity index (χ0n) is 18.6. The number of piperidine rings is 1. The maximum absolute atomic E-state index is 13.4. The van der Waals surface area contributed by atoms with Gasteiger partial charge in [0, 0.05) is 40.5 Å². The van der Waals surface area contributed by atoms with Crippen molar-refractivity contribution in [3.8, 4) is 6.07 Å². The number of nitrogens with zero attached hydrogens (tertiary/aromatic N) is 2. The van der Waals surface area contributed by atoms with Crippen molar-refractivity contribution >= 4 is 35.0 Å². The van der Waals surface area contributed by atoms with Crippen LogP contribution in [0, 0.1) is 16.7 Å². The molecule has 0 saturated carbocycles. The first-order valence-corrected chi connectivity index (χ1v) is 11.5. The molecule has 2 N–H and O–H groups in total. The van der Waals surface area contributed by atoms with E-state index in [-0.39, 0.29) is 18.7 Å². The molecule has 2 atom stereocenters. The van der Waals surface area contributed by atoms with Gasteiger partial charge in [-0.3, -0.25) is 9.59 Å². The number of amides is 2. The molecule has 2 aromatic carbocycles. The Bertz CT molecular complexity index is 1050. The van der Waals surface area contributed by atoms with Gasteiger partial charge < -0.3 is 15.3 Å². The summed E-state index contributed by atoms with van der Waals surface area (Å²) in [6, 6.07) is 14.7. The molecule has 0 radical (unpaired) electrons. The van der Waals surface area contributed by atoms with Gasteiger partial charge in [0.15, 0.2) is 0 Å². The smallest absolute Gasteiger partial charge is 0.251 e. The second-order valence-corrected chi connectivity index (χ2v) is 9.86. The van der Waals surface area contributed by atoms with Gasteiger partial charge in [0.05, 0.1) is 11.7 Å². The van der Waals surface area contributed by atoms with Gasteiger partial charge in [0.2, 0.25) is 5.91 Å². The van der Waals surface area contributed by atoms with E-state index in [1.54, 1.807) is 41.3 Å². The van der Waals surface area contributed by atoms with Crippen LogP contribution in [0.1, 0.15) is 49.0 Å². The minimum Gasteiger partial charge on any atom is -0.384 e. The number of nitriles is 1. The summed E-state index contributed by atoms with van der Waals surface area (Å²) in [5, 5.41) is 24.5. The monoisotopic (exact) mass is 487 g/mol. The molecule has 0 spiro atoms. The molecule has 174 valence electrons. The summed E-state index contributed by atoms with van der Waals surface area (Å²) in [5.41, 5.74) is -0.663. The minimum absolute atomic E-state index is 0.128. The summed E-state index contributed by atoms with van der Waals surface area (Å²) in [6.07, 6.45) is 0.666. The van der Waals surface area contributed by atoms with Crippen LogP contribution in [-0.4, -0.2) is 41.0 Å². The maximum atomic E-state index is 13.4. The number of carbonyl (C=O) groups is 2. The van der Waals surface area contributed by atoms with E-state index in [0.717, 1.165) is 5.56 Å². The lowest BCUT2D eigenvalue weighted by Crippen LogP contribution is -2.59. The first-order valence-electron chi connectivity index (χ1n) is 10.8. The zero-order chi connectivity index (χ0) is 24.2. The molecule has 33 heavy (non-hydrogen) atoms. The van der Waals surface area contributed by atoms with Crippen LogP contribution in [0.3, 0.4) is 0 Å². The van der Waals surface area contributed by atoms with E-state index >= 15 is 0 Å². The summed E-state index contributed by atoms with van der Waals surface area (Å²) in [6.45, 7) is 4.45. The molecule has 2 aromatic rings. The lowest BCUT2D eigenvalue weighted by Gasteiger charge is -2.51. The number of carbonyl (C=O) groups excluding carboxylic acids is 2. The summed E-state index contributed by atoms with van der Waals surface area (Å²) < 4.78 is 0. The Kier molecular flexibility index (Phi) is 7.69. The zero-order valence-corrected chi connectivity index (χ0v) is 20.2.